The number of rotatable bonds is 5. The average molecular weight is 386 g/mol. The summed E-state index contributed by atoms with van der Waals surface area (Å²) in [7, 11) is 1.49. The van der Waals surface area contributed by atoms with Crippen LogP contribution in [0, 0.1) is 0 Å². The van der Waals surface area contributed by atoms with E-state index in [1.165, 1.54) is 13.4 Å². The molecular formula is C19H16ClN3O4. The molecule has 27 heavy (non-hydrogen) atoms. The van der Waals surface area contributed by atoms with Gasteiger partial charge in [0.15, 0.2) is 5.76 Å². The summed E-state index contributed by atoms with van der Waals surface area (Å²) < 4.78 is 10.3. The number of carbonyl (C=O) groups is 2. The van der Waals surface area contributed by atoms with E-state index in [1.54, 1.807) is 54.6 Å². The SMILES string of the molecule is COc1ccc(Cl)cc1NC(=O)Nc1ccccc1NC(=O)c1ccco1. The lowest BCUT2D eigenvalue weighted by Crippen LogP contribution is -2.21. The number of hydrogen-bond acceptors (Lipinski definition) is 4. The first-order valence-electron chi connectivity index (χ1n) is 7.92. The van der Waals surface area contributed by atoms with Crippen molar-refractivity contribution in [2.24, 2.45) is 0 Å². The Morgan fingerprint density at radius 3 is 2.30 bits per heavy atom. The molecule has 0 fully saturated rings. The summed E-state index contributed by atoms with van der Waals surface area (Å²) in [6.45, 7) is 0. The molecule has 0 spiro atoms. The first-order chi connectivity index (χ1) is 13.1. The second-order valence-electron chi connectivity index (χ2n) is 5.40. The Hall–Kier alpha value is -3.45. The van der Waals surface area contributed by atoms with Gasteiger partial charge < -0.3 is 25.1 Å². The van der Waals surface area contributed by atoms with Gasteiger partial charge in [-0.1, -0.05) is 23.7 Å². The summed E-state index contributed by atoms with van der Waals surface area (Å²) >= 11 is 5.97. The number of halogens is 1. The molecule has 1 heterocycles. The van der Waals surface area contributed by atoms with E-state index in [9.17, 15) is 9.59 Å². The molecule has 8 heteroatoms. The van der Waals surface area contributed by atoms with Crippen LogP contribution >= 0.6 is 11.6 Å². The van der Waals surface area contributed by atoms with Crippen molar-refractivity contribution in [2.75, 3.05) is 23.1 Å². The fourth-order valence-electron chi connectivity index (χ4n) is 2.35. The highest BCUT2D eigenvalue weighted by Gasteiger charge is 2.14. The molecule has 0 aliphatic carbocycles. The molecule has 3 amide bonds. The van der Waals surface area contributed by atoms with Gasteiger partial charge in [-0.25, -0.2) is 4.79 Å². The molecule has 2 aromatic carbocycles. The first-order valence-corrected chi connectivity index (χ1v) is 8.30. The lowest BCUT2D eigenvalue weighted by atomic mass is 10.2. The van der Waals surface area contributed by atoms with Crippen LogP contribution in [0.2, 0.25) is 5.02 Å². The Kier molecular flexibility index (Phi) is 5.63. The predicted octanol–water partition coefficient (Wildman–Crippen LogP) is 4.84. The van der Waals surface area contributed by atoms with Crippen molar-refractivity contribution < 1.29 is 18.7 Å². The number of para-hydroxylation sites is 2. The number of ether oxygens (including phenoxy) is 1. The lowest BCUT2D eigenvalue weighted by molar-refractivity contribution is 0.0996. The molecule has 0 unspecified atom stereocenters. The van der Waals surface area contributed by atoms with Gasteiger partial charge >= 0.3 is 6.03 Å². The molecule has 0 radical (unpaired) electrons. The average Bonchev–Trinajstić information content (AvgIpc) is 3.18. The van der Waals surface area contributed by atoms with Gasteiger partial charge in [0.05, 0.1) is 30.4 Å². The standard InChI is InChI=1S/C19H16ClN3O4/c1-26-16-9-8-12(20)11-15(16)23-19(25)22-14-6-3-2-5-13(14)21-18(24)17-7-4-10-27-17/h2-11H,1H3,(H,21,24)(H2,22,23,25). The van der Waals surface area contributed by atoms with Gasteiger partial charge in [-0.15, -0.1) is 0 Å². The molecule has 1 aromatic heterocycles. The lowest BCUT2D eigenvalue weighted by Gasteiger charge is -2.14. The fourth-order valence-corrected chi connectivity index (χ4v) is 2.52. The Morgan fingerprint density at radius 2 is 1.63 bits per heavy atom. The van der Waals surface area contributed by atoms with E-state index >= 15 is 0 Å². The third-order valence-electron chi connectivity index (χ3n) is 3.58. The third-order valence-corrected chi connectivity index (χ3v) is 3.81. The van der Waals surface area contributed by atoms with Gasteiger partial charge in [-0.2, -0.15) is 0 Å². The summed E-state index contributed by atoms with van der Waals surface area (Å²) in [6.07, 6.45) is 1.41. The minimum absolute atomic E-state index is 0.165. The number of amides is 3. The van der Waals surface area contributed by atoms with E-state index in [1.807, 2.05) is 0 Å². The van der Waals surface area contributed by atoms with E-state index < -0.39 is 11.9 Å². The zero-order chi connectivity index (χ0) is 19.2. The first kappa shape index (κ1) is 18.3. The highest BCUT2D eigenvalue weighted by molar-refractivity contribution is 6.31. The van der Waals surface area contributed by atoms with Gasteiger partial charge in [0.2, 0.25) is 0 Å². The number of nitrogens with one attached hydrogen (secondary N) is 3. The summed E-state index contributed by atoms with van der Waals surface area (Å²) in [5, 5.41) is 8.50. The third kappa shape index (κ3) is 4.59. The van der Waals surface area contributed by atoms with Gasteiger partial charge in [-0.05, 0) is 42.5 Å². The Balaban J connectivity index is 1.73. The Bertz CT molecular complexity index is 957. The molecule has 7 nitrogen and oxygen atoms in total. The van der Waals surface area contributed by atoms with Gasteiger partial charge in [-0.3, -0.25) is 4.79 Å². The van der Waals surface area contributed by atoms with Gasteiger partial charge in [0.1, 0.15) is 5.75 Å². The predicted molar refractivity (Wildman–Crippen MR) is 104 cm³/mol. The van der Waals surface area contributed by atoms with E-state index in [0.717, 1.165) is 0 Å². The maximum Gasteiger partial charge on any atom is 0.323 e. The number of carbonyl (C=O) groups excluding carboxylic acids is 2. The number of furan rings is 1. The summed E-state index contributed by atoms with van der Waals surface area (Å²) in [5.74, 6) is 0.207. The van der Waals surface area contributed by atoms with Crippen LogP contribution in [0.1, 0.15) is 10.6 Å². The van der Waals surface area contributed by atoms with Crippen LogP contribution in [0.25, 0.3) is 0 Å². The molecule has 0 bridgehead atoms. The molecule has 3 aromatic rings. The number of anilines is 3. The zero-order valence-electron chi connectivity index (χ0n) is 14.3. The van der Waals surface area contributed by atoms with Crippen molar-refractivity contribution in [3.05, 3.63) is 71.6 Å². The van der Waals surface area contributed by atoms with Crippen LogP contribution in [-0.2, 0) is 0 Å². The minimum Gasteiger partial charge on any atom is -0.495 e. The number of methoxy groups -OCH3 is 1. The normalized spacial score (nSPS) is 10.1. The number of benzene rings is 2. The molecule has 0 saturated heterocycles. The van der Waals surface area contributed by atoms with E-state index in [0.29, 0.717) is 27.8 Å². The van der Waals surface area contributed by atoms with Crippen molar-refractivity contribution in [3.63, 3.8) is 0 Å². The molecule has 0 aliphatic rings. The van der Waals surface area contributed by atoms with Crippen LogP contribution in [0.5, 0.6) is 5.75 Å². The second-order valence-corrected chi connectivity index (χ2v) is 5.84. The molecule has 3 rings (SSSR count). The van der Waals surface area contributed by atoms with Crippen LogP contribution < -0.4 is 20.7 Å². The fraction of sp³-hybridized carbons (Fsp3) is 0.0526. The zero-order valence-corrected chi connectivity index (χ0v) is 15.0. The monoisotopic (exact) mass is 385 g/mol. The van der Waals surface area contributed by atoms with E-state index in [-0.39, 0.29) is 5.76 Å². The Morgan fingerprint density at radius 1 is 0.926 bits per heavy atom. The quantitative estimate of drug-likeness (QED) is 0.586. The van der Waals surface area contributed by atoms with Crippen molar-refractivity contribution >= 4 is 40.6 Å². The second kappa shape index (κ2) is 8.29. The van der Waals surface area contributed by atoms with Crippen molar-refractivity contribution in [3.8, 4) is 5.75 Å². The van der Waals surface area contributed by atoms with Crippen LogP contribution in [0.15, 0.2) is 65.3 Å². The maximum absolute atomic E-state index is 12.4. The van der Waals surface area contributed by atoms with Gasteiger partial charge in [0.25, 0.3) is 5.91 Å². The topological polar surface area (TPSA) is 92.6 Å². The summed E-state index contributed by atoms with van der Waals surface area (Å²) in [6, 6.07) is 14.3. The van der Waals surface area contributed by atoms with Crippen molar-refractivity contribution in [2.45, 2.75) is 0 Å². The van der Waals surface area contributed by atoms with Crippen LogP contribution in [0.3, 0.4) is 0 Å². The molecular weight excluding hydrogens is 370 g/mol. The maximum atomic E-state index is 12.4. The van der Waals surface area contributed by atoms with Crippen molar-refractivity contribution in [1.29, 1.82) is 0 Å². The largest absolute Gasteiger partial charge is 0.495 e. The van der Waals surface area contributed by atoms with E-state index in [2.05, 4.69) is 16.0 Å². The van der Waals surface area contributed by atoms with Crippen molar-refractivity contribution in [1.82, 2.24) is 0 Å². The van der Waals surface area contributed by atoms with Gasteiger partial charge in [0, 0.05) is 5.02 Å². The smallest absolute Gasteiger partial charge is 0.323 e. The molecule has 0 atom stereocenters. The summed E-state index contributed by atoms with van der Waals surface area (Å²) in [4.78, 5) is 24.5. The van der Waals surface area contributed by atoms with Crippen LogP contribution in [0.4, 0.5) is 21.9 Å². The number of urea groups is 1. The Labute approximate surface area is 160 Å². The van der Waals surface area contributed by atoms with Crippen LogP contribution in [-0.4, -0.2) is 19.0 Å². The minimum atomic E-state index is -0.518. The van der Waals surface area contributed by atoms with E-state index in [4.69, 9.17) is 20.8 Å². The molecule has 138 valence electrons. The molecule has 0 saturated carbocycles. The molecule has 3 N–H and O–H groups in total. The highest BCUT2D eigenvalue weighted by atomic mass is 35.5. The number of hydrogen-bond donors (Lipinski definition) is 3. The molecule has 0 aliphatic heterocycles. The summed E-state index contributed by atoms with van der Waals surface area (Å²) in [5.41, 5.74) is 1.25. The highest BCUT2D eigenvalue weighted by Crippen LogP contribution is 2.28.